The van der Waals surface area contributed by atoms with E-state index >= 15 is 0 Å². The highest BCUT2D eigenvalue weighted by Gasteiger charge is 2.10. The molecule has 1 aromatic rings. The van der Waals surface area contributed by atoms with Gasteiger partial charge in [-0.25, -0.2) is 0 Å². The van der Waals surface area contributed by atoms with Crippen LogP contribution in [0.25, 0.3) is 0 Å². The molecule has 0 spiro atoms. The van der Waals surface area contributed by atoms with Crippen LogP contribution in [0.3, 0.4) is 0 Å². The van der Waals surface area contributed by atoms with Crippen LogP contribution in [0.1, 0.15) is 6.92 Å². The zero-order valence-corrected chi connectivity index (χ0v) is 13.1. The zero-order chi connectivity index (χ0) is 15.7. The zero-order valence-electron chi connectivity index (χ0n) is 13.1. The third-order valence-corrected chi connectivity index (χ3v) is 2.91. The first-order chi connectivity index (χ1) is 10.1. The first-order valence-corrected chi connectivity index (χ1v) is 6.85. The molecule has 1 rings (SSSR count). The monoisotopic (exact) mass is 299 g/mol. The molecule has 0 radical (unpaired) electrons. The summed E-state index contributed by atoms with van der Waals surface area (Å²) in [5.41, 5.74) is 0.794. The molecule has 120 valence electrons. The van der Waals surface area contributed by atoms with Crippen LogP contribution in [0.2, 0.25) is 0 Å². The molecular weight excluding hydrogens is 274 g/mol. The predicted octanol–water partition coefficient (Wildman–Crippen LogP) is 1.53. The molecule has 0 aromatic heterocycles. The summed E-state index contributed by atoms with van der Waals surface area (Å²) in [7, 11) is 4.81. The van der Waals surface area contributed by atoms with Crippen LogP contribution in [0.4, 0.5) is 5.69 Å². The Morgan fingerprint density at radius 1 is 1.14 bits per heavy atom. The molecule has 0 bridgehead atoms. The fourth-order valence-electron chi connectivity index (χ4n) is 1.79. The van der Waals surface area contributed by atoms with Crippen molar-refractivity contribution in [2.75, 3.05) is 46.4 Å². The lowest BCUT2D eigenvalue weighted by molar-refractivity contribution is -0.0282. The minimum atomic E-state index is -0.615. The van der Waals surface area contributed by atoms with Gasteiger partial charge in [0.25, 0.3) is 0 Å². The van der Waals surface area contributed by atoms with E-state index in [4.69, 9.17) is 18.9 Å². The van der Waals surface area contributed by atoms with Crippen molar-refractivity contribution in [3.05, 3.63) is 18.2 Å². The van der Waals surface area contributed by atoms with Gasteiger partial charge in [-0.05, 0) is 19.1 Å². The second-order valence-electron chi connectivity index (χ2n) is 4.70. The number of ether oxygens (including phenoxy) is 4. The second kappa shape index (κ2) is 9.44. The van der Waals surface area contributed by atoms with Gasteiger partial charge in [-0.15, -0.1) is 0 Å². The Morgan fingerprint density at radius 3 is 2.52 bits per heavy atom. The molecule has 21 heavy (non-hydrogen) atoms. The van der Waals surface area contributed by atoms with E-state index in [0.717, 1.165) is 11.4 Å². The van der Waals surface area contributed by atoms with Gasteiger partial charge in [0.2, 0.25) is 0 Å². The van der Waals surface area contributed by atoms with Crippen LogP contribution < -0.4 is 14.8 Å². The van der Waals surface area contributed by atoms with Gasteiger partial charge in [0.15, 0.2) is 0 Å². The van der Waals surface area contributed by atoms with Gasteiger partial charge in [-0.2, -0.15) is 0 Å². The Kier molecular flexibility index (Phi) is 7.89. The van der Waals surface area contributed by atoms with Gasteiger partial charge in [0.1, 0.15) is 11.5 Å². The summed E-state index contributed by atoms with van der Waals surface area (Å²) < 4.78 is 20.8. The molecule has 0 saturated carbocycles. The Bertz CT molecular complexity index is 413. The molecular formula is C15H25NO5. The summed E-state index contributed by atoms with van der Waals surface area (Å²) in [4.78, 5) is 0. The fourth-order valence-corrected chi connectivity index (χ4v) is 1.79. The van der Waals surface area contributed by atoms with E-state index < -0.39 is 6.10 Å². The number of rotatable bonds is 10. The van der Waals surface area contributed by atoms with Crippen molar-refractivity contribution in [3.63, 3.8) is 0 Å². The topological polar surface area (TPSA) is 69.2 Å². The van der Waals surface area contributed by atoms with Crippen molar-refractivity contribution in [2.45, 2.75) is 19.1 Å². The molecule has 2 unspecified atom stereocenters. The van der Waals surface area contributed by atoms with Crippen LogP contribution in [-0.2, 0) is 9.47 Å². The summed E-state index contributed by atoms with van der Waals surface area (Å²) in [6.45, 7) is 3.01. The number of benzene rings is 1. The molecule has 1 aromatic carbocycles. The van der Waals surface area contributed by atoms with Crippen LogP contribution >= 0.6 is 0 Å². The van der Waals surface area contributed by atoms with Crippen LogP contribution in [-0.4, -0.2) is 58.4 Å². The van der Waals surface area contributed by atoms with Gasteiger partial charge < -0.3 is 29.4 Å². The maximum absolute atomic E-state index is 9.90. The number of aliphatic hydroxyl groups excluding tert-OH is 1. The number of methoxy groups -OCH3 is 3. The Morgan fingerprint density at radius 2 is 1.90 bits per heavy atom. The number of aliphatic hydroxyl groups is 1. The molecule has 0 saturated heterocycles. The van der Waals surface area contributed by atoms with Crippen LogP contribution in [0.15, 0.2) is 18.2 Å². The lowest BCUT2D eigenvalue weighted by atomic mass is 10.2. The molecule has 0 amide bonds. The van der Waals surface area contributed by atoms with Gasteiger partial charge in [0, 0.05) is 19.7 Å². The third kappa shape index (κ3) is 6.20. The van der Waals surface area contributed by atoms with Gasteiger partial charge in [-0.3, -0.25) is 0 Å². The van der Waals surface area contributed by atoms with E-state index in [1.54, 1.807) is 27.4 Å². The number of anilines is 1. The number of nitrogens with one attached hydrogen (secondary N) is 1. The minimum absolute atomic E-state index is 0.0415. The van der Waals surface area contributed by atoms with E-state index in [2.05, 4.69) is 5.32 Å². The van der Waals surface area contributed by atoms with Crippen molar-refractivity contribution in [2.24, 2.45) is 0 Å². The highest BCUT2D eigenvalue weighted by molar-refractivity contribution is 5.59. The summed E-state index contributed by atoms with van der Waals surface area (Å²) in [6.07, 6.45) is -0.656. The quantitative estimate of drug-likeness (QED) is 0.683. The molecule has 6 heteroatoms. The summed E-state index contributed by atoms with van der Waals surface area (Å²) in [5.74, 6) is 1.38. The molecule has 2 atom stereocenters. The Hall–Kier alpha value is -1.50. The smallest absolute Gasteiger partial charge is 0.145 e. The van der Waals surface area contributed by atoms with Crippen LogP contribution in [0.5, 0.6) is 11.5 Å². The fraction of sp³-hybridized carbons (Fsp3) is 0.600. The maximum atomic E-state index is 9.90. The summed E-state index contributed by atoms with van der Waals surface area (Å²) >= 11 is 0. The van der Waals surface area contributed by atoms with Crippen molar-refractivity contribution in [1.29, 1.82) is 0 Å². The molecule has 0 aliphatic rings. The Balaban J connectivity index is 2.43. The highest BCUT2D eigenvalue weighted by Crippen LogP contribution is 2.28. The molecule has 0 fully saturated rings. The summed E-state index contributed by atoms with van der Waals surface area (Å²) in [6, 6.07) is 5.46. The molecule has 2 N–H and O–H groups in total. The first-order valence-electron chi connectivity index (χ1n) is 6.85. The highest BCUT2D eigenvalue weighted by atomic mass is 16.5. The van der Waals surface area contributed by atoms with Crippen molar-refractivity contribution >= 4 is 5.69 Å². The molecule has 6 nitrogen and oxygen atoms in total. The predicted molar refractivity (Wildman–Crippen MR) is 81.3 cm³/mol. The van der Waals surface area contributed by atoms with Crippen LogP contribution in [0, 0.1) is 0 Å². The normalized spacial score (nSPS) is 13.6. The van der Waals surface area contributed by atoms with Gasteiger partial charge in [-0.1, -0.05) is 0 Å². The molecule has 0 aliphatic carbocycles. The third-order valence-electron chi connectivity index (χ3n) is 2.91. The number of hydrogen-bond donors (Lipinski definition) is 2. The van der Waals surface area contributed by atoms with Crippen molar-refractivity contribution in [3.8, 4) is 11.5 Å². The SMILES string of the molecule is COCC(C)OCC(O)CNc1ccc(OC)cc1OC. The van der Waals surface area contributed by atoms with Gasteiger partial charge in [0.05, 0.1) is 45.3 Å². The second-order valence-corrected chi connectivity index (χ2v) is 4.70. The maximum Gasteiger partial charge on any atom is 0.145 e. The average Bonchev–Trinajstić information content (AvgIpc) is 2.51. The largest absolute Gasteiger partial charge is 0.497 e. The molecule has 0 aliphatic heterocycles. The van der Waals surface area contributed by atoms with E-state index in [1.165, 1.54) is 0 Å². The van der Waals surface area contributed by atoms with Crippen molar-refractivity contribution < 1.29 is 24.1 Å². The average molecular weight is 299 g/mol. The number of hydrogen-bond acceptors (Lipinski definition) is 6. The Labute approximate surface area is 126 Å². The lowest BCUT2D eigenvalue weighted by Crippen LogP contribution is -2.28. The van der Waals surface area contributed by atoms with E-state index in [-0.39, 0.29) is 12.7 Å². The minimum Gasteiger partial charge on any atom is -0.497 e. The molecule has 0 heterocycles. The standard InChI is InChI=1S/C15H25NO5/c1-11(9-18-2)21-10-12(17)8-16-14-6-5-13(19-3)7-15(14)20-4/h5-7,11-12,16-17H,8-10H2,1-4H3. The van der Waals surface area contributed by atoms with E-state index in [0.29, 0.717) is 18.9 Å². The summed E-state index contributed by atoms with van der Waals surface area (Å²) in [5, 5.41) is 13.0. The van der Waals surface area contributed by atoms with Crippen molar-refractivity contribution in [1.82, 2.24) is 0 Å². The van der Waals surface area contributed by atoms with E-state index in [9.17, 15) is 5.11 Å². The van der Waals surface area contributed by atoms with E-state index in [1.807, 2.05) is 19.1 Å². The lowest BCUT2D eigenvalue weighted by Gasteiger charge is -2.18. The first kappa shape index (κ1) is 17.6. The van der Waals surface area contributed by atoms with Gasteiger partial charge >= 0.3 is 0 Å².